The Bertz CT molecular complexity index is 389. The van der Waals surface area contributed by atoms with Crippen LogP contribution in [0.15, 0.2) is 18.2 Å². The molecular weight excluding hydrogens is 228 g/mol. The number of rotatable bonds is 5. The van der Waals surface area contributed by atoms with E-state index in [9.17, 15) is 5.11 Å². The molecule has 3 nitrogen and oxygen atoms in total. The summed E-state index contributed by atoms with van der Waals surface area (Å²) in [6, 6.07) is 6.02. The Balaban J connectivity index is 2.02. The predicted molar refractivity (Wildman–Crippen MR) is 70.9 cm³/mol. The van der Waals surface area contributed by atoms with Crippen LogP contribution in [0.5, 0.6) is 5.75 Å². The lowest BCUT2D eigenvalue weighted by Crippen LogP contribution is -2.15. The Kier molecular flexibility index (Phi) is 4.61. The van der Waals surface area contributed by atoms with Gasteiger partial charge < -0.3 is 14.6 Å². The third-order valence-corrected chi connectivity index (χ3v) is 3.46. The molecule has 0 spiro atoms. The number of aryl methyl sites for hydroxylation is 1. The number of ether oxygens (including phenoxy) is 2. The van der Waals surface area contributed by atoms with Crippen molar-refractivity contribution >= 4 is 0 Å². The molecule has 1 aromatic rings. The molecule has 0 saturated carbocycles. The number of benzene rings is 1. The van der Waals surface area contributed by atoms with Crippen LogP contribution in [0, 0.1) is 0 Å². The van der Waals surface area contributed by atoms with Crippen LogP contribution < -0.4 is 4.74 Å². The van der Waals surface area contributed by atoms with Crippen LogP contribution in [-0.4, -0.2) is 24.9 Å². The van der Waals surface area contributed by atoms with Gasteiger partial charge >= 0.3 is 0 Å². The van der Waals surface area contributed by atoms with E-state index >= 15 is 0 Å². The highest BCUT2D eigenvalue weighted by Gasteiger charge is 2.18. The summed E-state index contributed by atoms with van der Waals surface area (Å²) in [6.07, 6.45) is 3.70. The van der Waals surface area contributed by atoms with E-state index in [-0.39, 0.29) is 12.2 Å². The maximum absolute atomic E-state index is 9.89. The van der Waals surface area contributed by atoms with Crippen molar-refractivity contribution in [3.8, 4) is 5.75 Å². The van der Waals surface area contributed by atoms with E-state index < -0.39 is 0 Å². The first-order valence-corrected chi connectivity index (χ1v) is 6.67. The van der Waals surface area contributed by atoms with Gasteiger partial charge in [-0.15, -0.1) is 0 Å². The zero-order chi connectivity index (χ0) is 13.0. The molecule has 2 rings (SSSR count). The van der Waals surface area contributed by atoms with Crippen molar-refractivity contribution in [2.45, 2.75) is 44.8 Å². The van der Waals surface area contributed by atoms with Crippen LogP contribution in [0.1, 0.15) is 43.4 Å². The maximum Gasteiger partial charge on any atom is 0.119 e. The molecule has 2 unspecified atom stereocenters. The minimum atomic E-state index is -0.297. The lowest BCUT2D eigenvalue weighted by Gasteiger charge is -2.22. The Hall–Kier alpha value is -1.06. The average molecular weight is 250 g/mol. The largest absolute Gasteiger partial charge is 0.491 e. The van der Waals surface area contributed by atoms with Crippen LogP contribution in [0.2, 0.25) is 0 Å². The quantitative estimate of drug-likeness (QED) is 0.873. The SMILES string of the molecule is COCCC(C)Oc1ccc2c(c1)CCCC2O. The zero-order valence-corrected chi connectivity index (χ0v) is 11.2. The third kappa shape index (κ3) is 3.24. The van der Waals surface area contributed by atoms with Crippen molar-refractivity contribution < 1.29 is 14.6 Å². The summed E-state index contributed by atoms with van der Waals surface area (Å²) < 4.78 is 10.9. The molecule has 1 aliphatic carbocycles. The van der Waals surface area contributed by atoms with Gasteiger partial charge in [-0.2, -0.15) is 0 Å². The van der Waals surface area contributed by atoms with Gasteiger partial charge in [-0.3, -0.25) is 0 Å². The summed E-state index contributed by atoms with van der Waals surface area (Å²) in [5.41, 5.74) is 2.29. The second-order valence-corrected chi connectivity index (χ2v) is 4.98. The summed E-state index contributed by atoms with van der Waals surface area (Å²) in [4.78, 5) is 0. The second kappa shape index (κ2) is 6.21. The van der Waals surface area contributed by atoms with E-state index in [1.54, 1.807) is 7.11 Å². The van der Waals surface area contributed by atoms with Crippen molar-refractivity contribution in [1.29, 1.82) is 0 Å². The van der Waals surface area contributed by atoms with Gasteiger partial charge in [0.25, 0.3) is 0 Å². The molecule has 0 fully saturated rings. The summed E-state index contributed by atoms with van der Waals surface area (Å²) in [6.45, 7) is 2.76. The number of aliphatic hydroxyl groups is 1. The number of hydrogen-bond donors (Lipinski definition) is 1. The molecule has 0 heterocycles. The first-order valence-electron chi connectivity index (χ1n) is 6.67. The normalized spacial score (nSPS) is 20.3. The Morgan fingerprint density at radius 2 is 2.28 bits per heavy atom. The fraction of sp³-hybridized carbons (Fsp3) is 0.600. The van der Waals surface area contributed by atoms with Gasteiger partial charge in [0.05, 0.1) is 12.2 Å². The topological polar surface area (TPSA) is 38.7 Å². The van der Waals surface area contributed by atoms with E-state index in [1.807, 2.05) is 19.1 Å². The van der Waals surface area contributed by atoms with Crippen LogP contribution in [0.25, 0.3) is 0 Å². The van der Waals surface area contributed by atoms with Crippen LogP contribution in [0.3, 0.4) is 0 Å². The van der Waals surface area contributed by atoms with Crippen molar-refractivity contribution in [1.82, 2.24) is 0 Å². The molecule has 1 N–H and O–H groups in total. The van der Waals surface area contributed by atoms with E-state index in [2.05, 4.69) is 6.07 Å². The standard InChI is InChI=1S/C15H22O3/c1-11(8-9-17-2)18-13-6-7-14-12(10-13)4-3-5-15(14)16/h6-7,10-11,15-16H,3-5,8-9H2,1-2H3. The van der Waals surface area contributed by atoms with Crippen molar-refractivity contribution in [3.63, 3.8) is 0 Å². The van der Waals surface area contributed by atoms with E-state index in [0.717, 1.165) is 37.0 Å². The van der Waals surface area contributed by atoms with Gasteiger partial charge in [0.15, 0.2) is 0 Å². The van der Waals surface area contributed by atoms with Gasteiger partial charge in [-0.05, 0) is 49.4 Å². The summed E-state index contributed by atoms with van der Waals surface area (Å²) in [5.74, 6) is 0.895. The lowest BCUT2D eigenvalue weighted by molar-refractivity contribution is 0.134. The fourth-order valence-electron chi connectivity index (χ4n) is 2.41. The smallest absolute Gasteiger partial charge is 0.119 e. The minimum Gasteiger partial charge on any atom is -0.491 e. The fourth-order valence-corrected chi connectivity index (χ4v) is 2.41. The summed E-state index contributed by atoms with van der Waals surface area (Å²) in [7, 11) is 1.70. The molecule has 100 valence electrons. The Morgan fingerprint density at radius 3 is 3.06 bits per heavy atom. The van der Waals surface area contributed by atoms with Crippen molar-refractivity contribution in [2.24, 2.45) is 0 Å². The van der Waals surface area contributed by atoms with E-state index in [0.29, 0.717) is 6.61 Å². The molecule has 2 atom stereocenters. The molecule has 1 aromatic carbocycles. The number of aliphatic hydroxyl groups excluding tert-OH is 1. The number of fused-ring (bicyclic) bond motifs is 1. The first kappa shape index (κ1) is 13.4. The number of methoxy groups -OCH3 is 1. The van der Waals surface area contributed by atoms with Crippen molar-refractivity contribution in [3.05, 3.63) is 29.3 Å². The van der Waals surface area contributed by atoms with Gasteiger partial charge in [-0.1, -0.05) is 6.07 Å². The summed E-state index contributed by atoms with van der Waals surface area (Å²) >= 11 is 0. The van der Waals surface area contributed by atoms with Crippen LogP contribution in [-0.2, 0) is 11.2 Å². The minimum absolute atomic E-state index is 0.150. The Labute approximate surface area is 109 Å². The molecule has 0 aliphatic heterocycles. The zero-order valence-electron chi connectivity index (χ0n) is 11.2. The van der Waals surface area contributed by atoms with Gasteiger partial charge in [-0.25, -0.2) is 0 Å². The highest BCUT2D eigenvalue weighted by atomic mass is 16.5. The van der Waals surface area contributed by atoms with Gasteiger partial charge in [0.2, 0.25) is 0 Å². The molecule has 0 bridgehead atoms. The lowest BCUT2D eigenvalue weighted by atomic mass is 9.89. The monoisotopic (exact) mass is 250 g/mol. The molecule has 1 aliphatic rings. The van der Waals surface area contributed by atoms with Crippen LogP contribution >= 0.6 is 0 Å². The molecule has 0 radical (unpaired) electrons. The molecule has 0 aromatic heterocycles. The Morgan fingerprint density at radius 1 is 1.44 bits per heavy atom. The second-order valence-electron chi connectivity index (χ2n) is 4.98. The summed E-state index contributed by atoms with van der Waals surface area (Å²) in [5, 5.41) is 9.89. The molecule has 0 amide bonds. The van der Waals surface area contributed by atoms with Gasteiger partial charge in [0.1, 0.15) is 5.75 Å². The van der Waals surface area contributed by atoms with Crippen LogP contribution in [0.4, 0.5) is 0 Å². The highest BCUT2D eigenvalue weighted by Crippen LogP contribution is 2.32. The predicted octanol–water partition coefficient (Wildman–Crippen LogP) is 2.86. The van der Waals surface area contributed by atoms with E-state index in [4.69, 9.17) is 9.47 Å². The molecule has 18 heavy (non-hydrogen) atoms. The third-order valence-electron chi connectivity index (χ3n) is 3.46. The average Bonchev–Trinajstić information content (AvgIpc) is 2.36. The van der Waals surface area contributed by atoms with Crippen molar-refractivity contribution in [2.75, 3.05) is 13.7 Å². The highest BCUT2D eigenvalue weighted by molar-refractivity contribution is 5.38. The number of hydrogen-bond acceptors (Lipinski definition) is 3. The van der Waals surface area contributed by atoms with E-state index in [1.165, 1.54) is 5.56 Å². The molecular formula is C15H22O3. The van der Waals surface area contributed by atoms with Gasteiger partial charge in [0, 0.05) is 20.1 Å². The maximum atomic E-state index is 9.89. The molecule has 0 saturated heterocycles. The first-order chi connectivity index (χ1) is 8.70. The molecule has 3 heteroatoms.